The molecule has 2 aromatic rings. The molecule has 0 atom stereocenters. The van der Waals surface area contributed by atoms with E-state index in [0.29, 0.717) is 5.56 Å². The van der Waals surface area contributed by atoms with E-state index in [-0.39, 0.29) is 5.82 Å². The van der Waals surface area contributed by atoms with Crippen LogP contribution in [0.3, 0.4) is 0 Å². The van der Waals surface area contributed by atoms with Gasteiger partial charge in [0.25, 0.3) is 0 Å². The zero-order chi connectivity index (χ0) is 16.1. The van der Waals surface area contributed by atoms with Gasteiger partial charge in [0.15, 0.2) is 0 Å². The molecule has 1 heterocycles. The molecule has 1 aliphatic rings. The summed E-state index contributed by atoms with van der Waals surface area (Å²) >= 11 is 0. The number of hydrogen-bond acceptors (Lipinski definition) is 2. The highest BCUT2D eigenvalue weighted by Gasteiger charge is 2.12. The predicted molar refractivity (Wildman–Crippen MR) is 93.7 cm³/mol. The molecular formula is C20H25FN2. The van der Waals surface area contributed by atoms with Crippen LogP contribution in [-0.4, -0.2) is 25.0 Å². The molecule has 3 heteroatoms. The zero-order valence-electron chi connectivity index (χ0n) is 13.8. The fourth-order valence-corrected chi connectivity index (χ4v) is 3.32. The molecule has 1 saturated heterocycles. The summed E-state index contributed by atoms with van der Waals surface area (Å²) in [6, 6.07) is 13.7. The highest BCUT2D eigenvalue weighted by Crippen LogP contribution is 2.26. The second-order valence-electron chi connectivity index (χ2n) is 6.38. The molecule has 2 nitrogen and oxygen atoms in total. The van der Waals surface area contributed by atoms with Crippen molar-refractivity contribution in [1.29, 1.82) is 0 Å². The van der Waals surface area contributed by atoms with Gasteiger partial charge in [-0.2, -0.15) is 0 Å². The summed E-state index contributed by atoms with van der Waals surface area (Å²) in [6.45, 7) is 4.07. The van der Waals surface area contributed by atoms with Crippen molar-refractivity contribution in [2.45, 2.75) is 32.4 Å². The van der Waals surface area contributed by atoms with Crippen LogP contribution in [0.4, 0.5) is 4.39 Å². The molecule has 0 amide bonds. The lowest BCUT2D eigenvalue weighted by molar-refractivity contribution is 0.221. The number of nitrogens with one attached hydrogen (secondary N) is 1. The molecule has 122 valence electrons. The Bertz CT molecular complexity index is 648. The molecule has 0 saturated carbocycles. The first-order valence-electron chi connectivity index (χ1n) is 8.51. The van der Waals surface area contributed by atoms with Crippen LogP contribution in [0, 0.1) is 5.82 Å². The Kier molecular flexibility index (Phi) is 5.42. The molecule has 0 aromatic heterocycles. The lowest BCUT2D eigenvalue weighted by atomic mass is 10.00. The van der Waals surface area contributed by atoms with E-state index in [4.69, 9.17) is 0 Å². The van der Waals surface area contributed by atoms with Gasteiger partial charge in [0.05, 0.1) is 0 Å². The number of piperidine rings is 1. The molecule has 0 aliphatic carbocycles. The van der Waals surface area contributed by atoms with E-state index in [1.54, 1.807) is 6.07 Å². The molecular weight excluding hydrogens is 287 g/mol. The third kappa shape index (κ3) is 4.18. The average Bonchev–Trinajstić information content (AvgIpc) is 2.58. The Labute approximate surface area is 138 Å². The van der Waals surface area contributed by atoms with Gasteiger partial charge in [0.1, 0.15) is 5.82 Å². The summed E-state index contributed by atoms with van der Waals surface area (Å²) in [4.78, 5) is 2.50. The first-order valence-corrected chi connectivity index (χ1v) is 8.51. The highest BCUT2D eigenvalue weighted by molar-refractivity contribution is 5.65. The lowest BCUT2D eigenvalue weighted by Gasteiger charge is -2.26. The Morgan fingerprint density at radius 2 is 1.83 bits per heavy atom. The Morgan fingerprint density at radius 1 is 1.00 bits per heavy atom. The van der Waals surface area contributed by atoms with Crippen LogP contribution in [0.15, 0.2) is 42.5 Å². The Morgan fingerprint density at radius 3 is 2.61 bits per heavy atom. The van der Waals surface area contributed by atoms with Crippen molar-refractivity contribution in [3.8, 4) is 11.1 Å². The van der Waals surface area contributed by atoms with Crippen molar-refractivity contribution < 1.29 is 4.39 Å². The SMILES string of the molecule is CNCc1ccc(F)c(-c2cccc(CN3CCCCC3)c2)c1. The summed E-state index contributed by atoms with van der Waals surface area (Å²) in [7, 11) is 1.91. The minimum atomic E-state index is -0.153. The molecule has 0 bridgehead atoms. The third-order valence-electron chi connectivity index (χ3n) is 4.50. The van der Waals surface area contributed by atoms with E-state index < -0.39 is 0 Å². The number of likely N-dealkylation sites (tertiary alicyclic amines) is 1. The van der Waals surface area contributed by atoms with E-state index in [9.17, 15) is 4.39 Å². The summed E-state index contributed by atoms with van der Waals surface area (Å²) in [5.41, 5.74) is 4.03. The van der Waals surface area contributed by atoms with Gasteiger partial charge in [-0.15, -0.1) is 0 Å². The fraction of sp³-hybridized carbons (Fsp3) is 0.400. The van der Waals surface area contributed by atoms with Crippen molar-refractivity contribution in [3.63, 3.8) is 0 Å². The maximum Gasteiger partial charge on any atom is 0.131 e. The smallest absolute Gasteiger partial charge is 0.131 e. The first-order chi connectivity index (χ1) is 11.3. The summed E-state index contributed by atoms with van der Waals surface area (Å²) in [5.74, 6) is -0.153. The summed E-state index contributed by atoms with van der Waals surface area (Å²) < 4.78 is 14.3. The van der Waals surface area contributed by atoms with Crippen LogP contribution in [0.2, 0.25) is 0 Å². The van der Waals surface area contributed by atoms with E-state index in [2.05, 4.69) is 22.3 Å². The minimum absolute atomic E-state index is 0.153. The molecule has 1 N–H and O–H groups in total. The van der Waals surface area contributed by atoms with Crippen molar-refractivity contribution in [1.82, 2.24) is 10.2 Å². The first kappa shape index (κ1) is 16.2. The lowest BCUT2D eigenvalue weighted by Crippen LogP contribution is -2.29. The minimum Gasteiger partial charge on any atom is -0.316 e. The second-order valence-corrected chi connectivity index (χ2v) is 6.38. The number of hydrogen-bond donors (Lipinski definition) is 1. The second kappa shape index (κ2) is 7.71. The Balaban J connectivity index is 1.82. The highest BCUT2D eigenvalue weighted by atomic mass is 19.1. The normalized spacial score (nSPS) is 15.7. The average molecular weight is 312 g/mol. The van der Waals surface area contributed by atoms with Crippen LogP contribution >= 0.6 is 0 Å². The van der Waals surface area contributed by atoms with E-state index in [1.165, 1.54) is 37.9 Å². The molecule has 2 aromatic carbocycles. The van der Waals surface area contributed by atoms with Gasteiger partial charge in [-0.1, -0.05) is 30.7 Å². The van der Waals surface area contributed by atoms with Gasteiger partial charge in [-0.3, -0.25) is 4.90 Å². The van der Waals surface area contributed by atoms with Crippen LogP contribution in [0.1, 0.15) is 30.4 Å². The molecule has 0 radical (unpaired) electrons. The van der Waals surface area contributed by atoms with E-state index >= 15 is 0 Å². The van der Waals surface area contributed by atoms with Gasteiger partial charge >= 0.3 is 0 Å². The number of benzene rings is 2. The molecule has 1 aliphatic heterocycles. The molecule has 1 fully saturated rings. The fourth-order valence-electron chi connectivity index (χ4n) is 3.32. The van der Waals surface area contributed by atoms with Gasteiger partial charge < -0.3 is 5.32 Å². The van der Waals surface area contributed by atoms with Crippen LogP contribution in [-0.2, 0) is 13.1 Å². The van der Waals surface area contributed by atoms with Crippen molar-refractivity contribution in [2.75, 3.05) is 20.1 Å². The standard InChI is InChI=1S/C20H25FN2/c1-22-14-16-8-9-20(21)19(13-16)18-7-5-6-17(12-18)15-23-10-3-2-4-11-23/h5-9,12-13,22H,2-4,10-11,14-15H2,1H3. The van der Waals surface area contributed by atoms with Gasteiger partial charge in [0, 0.05) is 18.7 Å². The third-order valence-corrected chi connectivity index (χ3v) is 4.50. The van der Waals surface area contributed by atoms with E-state index in [0.717, 1.165) is 24.2 Å². The van der Waals surface area contributed by atoms with Crippen LogP contribution < -0.4 is 5.32 Å². The van der Waals surface area contributed by atoms with Gasteiger partial charge in [-0.25, -0.2) is 4.39 Å². The monoisotopic (exact) mass is 312 g/mol. The summed E-state index contributed by atoms with van der Waals surface area (Å²) in [5, 5.41) is 3.12. The largest absolute Gasteiger partial charge is 0.316 e. The molecule has 3 rings (SSSR count). The Hall–Kier alpha value is -1.71. The van der Waals surface area contributed by atoms with Gasteiger partial charge in [-0.05, 0) is 67.9 Å². The topological polar surface area (TPSA) is 15.3 Å². The molecule has 0 spiro atoms. The van der Waals surface area contributed by atoms with Crippen molar-refractivity contribution in [3.05, 3.63) is 59.4 Å². The van der Waals surface area contributed by atoms with Crippen LogP contribution in [0.5, 0.6) is 0 Å². The van der Waals surface area contributed by atoms with Gasteiger partial charge in [0.2, 0.25) is 0 Å². The zero-order valence-corrected chi connectivity index (χ0v) is 13.8. The number of rotatable bonds is 5. The molecule has 0 unspecified atom stereocenters. The summed E-state index contributed by atoms with van der Waals surface area (Å²) in [6.07, 6.45) is 3.93. The quantitative estimate of drug-likeness (QED) is 0.890. The van der Waals surface area contributed by atoms with E-state index in [1.807, 2.05) is 31.3 Å². The number of halogens is 1. The van der Waals surface area contributed by atoms with Crippen molar-refractivity contribution >= 4 is 0 Å². The molecule has 23 heavy (non-hydrogen) atoms. The maximum atomic E-state index is 14.3. The van der Waals surface area contributed by atoms with Crippen LogP contribution in [0.25, 0.3) is 11.1 Å². The van der Waals surface area contributed by atoms with Crippen molar-refractivity contribution in [2.24, 2.45) is 0 Å². The number of nitrogens with zero attached hydrogens (tertiary/aromatic N) is 1. The predicted octanol–water partition coefficient (Wildman–Crippen LogP) is 4.20. The maximum absolute atomic E-state index is 14.3.